The van der Waals surface area contributed by atoms with Crippen molar-refractivity contribution < 1.29 is 0 Å². The molecule has 1 N–H and O–H groups in total. The number of rotatable bonds is 4. The lowest BCUT2D eigenvalue weighted by Gasteiger charge is -2.31. The van der Waals surface area contributed by atoms with Crippen molar-refractivity contribution >= 4 is 0 Å². The fourth-order valence-electron chi connectivity index (χ4n) is 2.88. The molecule has 2 rings (SSSR count). The van der Waals surface area contributed by atoms with Crippen molar-refractivity contribution in [2.45, 2.75) is 58.0 Å². The van der Waals surface area contributed by atoms with Gasteiger partial charge in [-0.3, -0.25) is 4.98 Å². The zero-order valence-electron chi connectivity index (χ0n) is 11.0. The third-order valence-corrected chi connectivity index (χ3v) is 3.98. The smallest absolute Gasteiger partial charge is 0.0570 e. The Morgan fingerprint density at radius 3 is 3.00 bits per heavy atom. The van der Waals surface area contributed by atoms with Gasteiger partial charge in [-0.05, 0) is 37.8 Å². The fraction of sp³-hybridized carbons (Fsp3) is 0.667. The highest BCUT2D eigenvalue weighted by atomic mass is 15.0. The Kier molecular flexibility index (Phi) is 4.55. The molecule has 0 radical (unpaired) electrons. The van der Waals surface area contributed by atoms with Crippen LogP contribution in [-0.4, -0.2) is 11.0 Å². The number of hydrogen-bond donors (Lipinski definition) is 1. The second-order valence-electron chi connectivity index (χ2n) is 5.28. The van der Waals surface area contributed by atoms with Gasteiger partial charge in [-0.2, -0.15) is 0 Å². The number of hydrogen-bond acceptors (Lipinski definition) is 2. The maximum absolute atomic E-state index is 4.42. The van der Waals surface area contributed by atoms with Crippen LogP contribution in [0.5, 0.6) is 0 Å². The van der Waals surface area contributed by atoms with Crippen LogP contribution in [0.25, 0.3) is 0 Å². The quantitative estimate of drug-likeness (QED) is 0.856. The monoisotopic (exact) mass is 232 g/mol. The van der Waals surface area contributed by atoms with Gasteiger partial charge in [-0.1, -0.05) is 32.3 Å². The molecule has 94 valence electrons. The van der Waals surface area contributed by atoms with Gasteiger partial charge in [0, 0.05) is 18.3 Å². The van der Waals surface area contributed by atoms with E-state index >= 15 is 0 Å². The van der Waals surface area contributed by atoms with Gasteiger partial charge in [-0.15, -0.1) is 0 Å². The predicted molar refractivity (Wildman–Crippen MR) is 71.8 cm³/mol. The topological polar surface area (TPSA) is 24.9 Å². The van der Waals surface area contributed by atoms with Gasteiger partial charge in [0.15, 0.2) is 0 Å². The first-order valence-electron chi connectivity index (χ1n) is 6.96. The van der Waals surface area contributed by atoms with E-state index in [-0.39, 0.29) is 0 Å². The van der Waals surface area contributed by atoms with E-state index in [1.54, 1.807) is 0 Å². The van der Waals surface area contributed by atoms with Crippen molar-refractivity contribution in [1.82, 2.24) is 10.3 Å². The van der Waals surface area contributed by atoms with Crippen molar-refractivity contribution in [3.63, 3.8) is 0 Å². The van der Waals surface area contributed by atoms with Crippen molar-refractivity contribution in [3.05, 3.63) is 30.1 Å². The van der Waals surface area contributed by atoms with Crippen LogP contribution in [0.4, 0.5) is 0 Å². The van der Waals surface area contributed by atoms with E-state index in [0.717, 1.165) is 11.6 Å². The van der Waals surface area contributed by atoms with Crippen molar-refractivity contribution in [3.8, 4) is 0 Å². The number of nitrogens with one attached hydrogen (secondary N) is 1. The second-order valence-corrected chi connectivity index (χ2v) is 5.28. The minimum Gasteiger partial charge on any atom is -0.306 e. The highest BCUT2D eigenvalue weighted by molar-refractivity contribution is 5.08. The minimum absolute atomic E-state index is 0.372. The summed E-state index contributed by atoms with van der Waals surface area (Å²) in [7, 11) is 0. The van der Waals surface area contributed by atoms with Gasteiger partial charge >= 0.3 is 0 Å². The molecular weight excluding hydrogens is 208 g/mol. The largest absolute Gasteiger partial charge is 0.306 e. The maximum atomic E-state index is 4.42. The van der Waals surface area contributed by atoms with Crippen molar-refractivity contribution in [1.29, 1.82) is 0 Å². The Morgan fingerprint density at radius 2 is 2.29 bits per heavy atom. The highest BCUT2D eigenvalue weighted by Crippen LogP contribution is 2.27. The van der Waals surface area contributed by atoms with E-state index in [9.17, 15) is 0 Å². The van der Waals surface area contributed by atoms with E-state index in [1.807, 2.05) is 12.3 Å². The van der Waals surface area contributed by atoms with Crippen LogP contribution in [0, 0.1) is 5.92 Å². The molecule has 3 unspecified atom stereocenters. The number of aromatic nitrogens is 1. The van der Waals surface area contributed by atoms with Crippen LogP contribution in [0.3, 0.4) is 0 Å². The van der Waals surface area contributed by atoms with Gasteiger partial charge in [0.2, 0.25) is 0 Å². The lowest BCUT2D eigenvalue weighted by molar-refractivity contribution is 0.265. The summed E-state index contributed by atoms with van der Waals surface area (Å²) in [4.78, 5) is 4.42. The van der Waals surface area contributed by atoms with E-state index < -0.39 is 0 Å². The summed E-state index contributed by atoms with van der Waals surface area (Å²) < 4.78 is 0. The SMILES string of the molecule is CCC1CCCC(NC(C)c2ccccn2)C1. The molecule has 0 aromatic carbocycles. The number of nitrogens with zero attached hydrogens (tertiary/aromatic N) is 1. The van der Waals surface area contributed by atoms with Gasteiger partial charge in [0.05, 0.1) is 5.69 Å². The van der Waals surface area contributed by atoms with Crippen molar-refractivity contribution in [2.75, 3.05) is 0 Å². The Bertz CT molecular complexity index is 323. The summed E-state index contributed by atoms with van der Waals surface area (Å²) in [5.74, 6) is 0.928. The fourth-order valence-corrected chi connectivity index (χ4v) is 2.88. The zero-order valence-corrected chi connectivity index (χ0v) is 11.0. The lowest BCUT2D eigenvalue weighted by atomic mass is 9.84. The molecule has 0 spiro atoms. The van der Waals surface area contributed by atoms with E-state index in [1.165, 1.54) is 32.1 Å². The molecular formula is C15H24N2. The first-order valence-corrected chi connectivity index (χ1v) is 6.96. The standard InChI is InChI=1S/C15H24N2/c1-3-13-7-6-8-14(11-13)17-12(2)15-9-4-5-10-16-15/h4-5,9-10,12-14,17H,3,6-8,11H2,1-2H3. The molecule has 2 heteroatoms. The van der Waals surface area contributed by atoms with Crippen molar-refractivity contribution in [2.24, 2.45) is 5.92 Å². The first-order chi connectivity index (χ1) is 8.29. The molecule has 1 heterocycles. The molecule has 0 amide bonds. The number of pyridine rings is 1. The van der Waals surface area contributed by atoms with Crippen LogP contribution in [0.1, 0.15) is 57.7 Å². The molecule has 0 bridgehead atoms. The molecule has 1 saturated carbocycles. The summed E-state index contributed by atoms with van der Waals surface area (Å²) in [6.07, 6.45) is 8.68. The summed E-state index contributed by atoms with van der Waals surface area (Å²) in [5.41, 5.74) is 1.16. The van der Waals surface area contributed by atoms with Crippen LogP contribution in [-0.2, 0) is 0 Å². The predicted octanol–water partition coefficient (Wildman–Crippen LogP) is 3.70. The Morgan fingerprint density at radius 1 is 1.41 bits per heavy atom. The molecule has 1 aromatic rings. The summed E-state index contributed by atoms with van der Waals surface area (Å²) in [6, 6.07) is 7.21. The Balaban J connectivity index is 1.88. The molecule has 1 aromatic heterocycles. The molecule has 1 aliphatic carbocycles. The first kappa shape index (κ1) is 12.6. The lowest BCUT2D eigenvalue weighted by Crippen LogP contribution is -2.36. The summed E-state index contributed by atoms with van der Waals surface area (Å²) >= 11 is 0. The third kappa shape index (κ3) is 3.53. The average Bonchev–Trinajstić information content (AvgIpc) is 2.40. The van der Waals surface area contributed by atoms with Gasteiger partial charge in [0.25, 0.3) is 0 Å². The molecule has 0 aliphatic heterocycles. The van der Waals surface area contributed by atoms with Crippen LogP contribution < -0.4 is 5.32 Å². The van der Waals surface area contributed by atoms with Gasteiger partial charge in [0.1, 0.15) is 0 Å². The van der Waals surface area contributed by atoms with Crippen LogP contribution >= 0.6 is 0 Å². The normalized spacial score (nSPS) is 26.7. The Hall–Kier alpha value is -0.890. The van der Waals surface area contributed by atoms with E-state index in [2.05, 4.69) is 36.3 Å². The molecule has 1 aliphatic rings. The van der Waals surface area contributed by atoms with Gasteiger partial charge < -0.3 is 5.32 Å². The van der Waals surface area contributed by atoms with Gasteiger partial charge in [-0.25, -0.2) is 0 Å². The van der Waals surface area contributed by atoms with Crippen LogP contribution in [0.15, 0.2) is 24.4 Å². The molecule has 2 nitrogen and oxygen atoms in total. The maximum Gasteiger partial charge on any atom is 0.0570 e. The minimum atomic E-state index is 0.372. The highest BCUT2D eigenvalue weighted by Gasteiger charge is 2.22. The van der Waals surface area contributed by atoms with E-state index in [0.29, 0.717) is 12.1 Å². The third-order valence-electron chi connectivity index (χ3n) is 3.98. The van der Waals surface area contributed by atoms with Crippen LogP contribution in [0.2, 0.25) is 0 Å². The molecule has 3 atom stereocenters. The average molecular weight is 232 g/mol. The Labute approximate surface area is 105 Å². The zero-order chi connectivity index (χ0) is 12.1. The molecule has 0 saturated heterocycles. The second kappa shape index (κ2) is 6.15. The molecule has 1 fully saturated rings. The summed E-state index contributed by atoms with van der Waals surface area (Å²) in [5, 5.41) is 3.74. The summed E-state index contributed by atoms with van der Waals surface area (Å²) in [6.45, 7) is 4.53. The van der Waals surface area contributed by atoms with E-state index in [4.69, 9.17) is 0 Å². The molecule has 17 heavy (non-hydrogen) atoms.